The minimum absolute atomic E-state index is 0.300. The molecule has 5 rings (SSSR count). The molecule has 0 unspecified atom stereocenters. The largest absolute Gasteiger partial charge is 0.450 e. The Morgan fingerprint density at radius 2 is 1.93 bits per heavy atom. The van der Waals surface area contributed by atoms with E-state index in [0.717, 1.165) is 27.3 Å². The minimum Gasteiger partial charge on any atom is -0.450 e. The number of anilines is 1. The van der Waals surface area contributed by atoms with Crippen LogP contribution in [0.5, 0.6) is 0 Å². The molecule has 0 bridgehead atoms. The number of pyridine rings is 1. The highest BCUT2D eigenvalue weighted by Gasteiger charge is 2.19. The molecule has 5 aromatic rings. The number of rotatable bonds is 3. The summed E-state index contributed by atoms with van der Waals surface area (Å²) in [6.07, 6.45) is 5.09. The molecule has 1 N–H and O–H groups in total. The summed E-state index contributed by atoms with van der Waals surface area (Å²) in [7, 11) is 0. The summed E-state index contributed by atoms with van der Waals surface area (Å²) in [6, 6.07) is 17.4. The fourth-order valence-corrected chi connectivity index (χ4v) is 3.35. The third-order valence-corrected chi connectivity index (χ3v) is 4.78. The zero-order chi connectivity index (χ0) is 19.1. The van der Waals surface area contributed by atoms with Crippen LogP contribution in [0.1, 0.15) is 16.1 Å². The maximum absolute atomic E-state index is 12.8. The molecule has 3 aromatic heterocycles. The van der Waals surface area contributed by atoms with Gasteiger partial charge < -0.3 is 9.73 Å². The van der Waals surface area contributed by atoms with Gasteiger partial charge in [0.15, 0.2) is 11.6 Å². The Morgan fingerprint density at radius 1 is 1.04 bits per heavy atom. The summed E-state index contributed by atoms with van der Waals surface area (Å²) < 4.78 is 7.64. The average Bonchev–Trinajstić information content (AvgIpc) is 3.37. The van der Waals surface area contributed by atoms with Crippen molar-refractivity contribution in [3.8, 4) is 5.82 Å². The SMILES string of the molecule is Cc1c(C(=O)Nc2ccc(-n3cccn3)nc2)oc2c1ccc1ccccc12. The number of amides is 1. The van der Waals surface area contributed by atoms with Crippen LogP contribution in [-0.4, -0.2) is 20.7 Å². The number of benzene rings is 2. The molecule has 0 fully saturated rings. The number of hydrogen-bond donors (Lipinski definition) is 1. The van der Waals surface area contributed by atoms with Crippen LogP contribution in [0.4, 0.5) is 5.69 Å². The van der Waals surface area contributed by atoms with Crippen molar-refractivity contribution in [1.82, 2.24) is 14.8 Å². The van der Waals surface area contributed by atoms with E-state index in [9.17, 15) is 4.79 Å². The third kappa shape index (κ3) is 2.63. The molecule has 0 saturated heterocycles. The van der Waals surface area contributed by atoms with Crippen LogP contribution in [0.25, 0.3) is 27.6 Å². The summed E-state index contributed by atoms with van der Waals surface area (Å²) in [5.74, 6) is 0.684. The standard InChI is InChI=1S/C22H16N4O2/c1-14-17-9-7-15-5-2-3-6-18(15)21(17)28-20(14)22(27)25-16-8-10-19(23-13-16)26-12-4-11-24-26/h2-13H,1H3,(H,25,27). The predicted molar refractivity (Wildman–Crippen MR) is 108 cm³/mol. The van der Waals surface area contributed by atoms with Crippen molar-refractivity contribution >= 4 is 33.3 Å². The van der Waals surface area contributed by atoms with Crippen molar-refractivity contribution in [3.63, 3.8) is 0 Å². The van der Waals surface area contributed by atoms with Crippen LogP contribution in [0.3, 0.4) is 0 Å². The van der Waals surface area contributed by atoms with E-state index in [2.05, 4.69) is 15.4 Å². The Hall–Kier alpha value is -3.93. The summed E-state index contributed by atoms with van der Waals surface area (Å²) in [5, 5.41) is 10.0. The first-order chi connectivity index (χ1) is 13.7. The van der Waals surface area contributed by atoms with Gasteiger partial charge in [-0.15, -0.1) is 0 Å². The first-order valence-corrected chi connectivity index (χ1v) is 8.89. The lowest BCUT2D eigenvalue weighted by atomic mass is 10.1. The van der Waals surface area contributed by atoms with E-state index < -0.39 is 0 Å². The van der Waals surface area contributed by atoms with Gasteiger partial charge in [0.2, 0.25) is 0 Å². The lowest BCUT2D eigenvalue weighted by Crippen LogP contribution is -2.12. The number of aromatic nitrogens is 3. The molecular weight excluding hydrogens is 352 g/mol. The highest BCUT2D eigenvalue weighted by molar-refractivity contribution is 6.11. The molecule has 0 aliphatic heterocycles. The van der Waals surface area contributed by atoms with Gasteiger partial charge in [-0.2, -0.15) is 5.10 Å². The molecule has 0 radical (unpaired) electrons. The minimum atomic E-state index is -0.300. The summed E-state index contributed by atoms with van der Waals surface area (Å²) in [4.78, 5) is 17.1. The van der Waals surface area contributed by atoms with Gasteiger partial charge in [0.1, 0.15) is 5.58 Å². The number of fused-ring (bicyclic) bond motifs is 3. The molecule has 0 saturated carbocycles. The lowest BCUT2D eigenvalue weighted by Gasteiger charge is -2.05. The number of furan rings is 1. The normalized spacial score (nSPS) is 11.2. The Kier molecular flexibility index (Phi) is 3.69. The second-order valence-corrected chi connectivity index (χ2v) is 6.53. The molecule has 0 aliphatic rings. The zero-order valence-electron chi connectivity index (χ0n) is 15.1. The highest BCUT2D eigenvalue weighted by Crippen LogP contribution is 2.32. The van der Waals surface area contributed by atoms with Crippen molar-refractivity contribution in [3.05, 3.63) is 84.5 Å². The van der Waals surface area contributed by atoms with E-state index in [1.54, 1.807) is 29.2 Å². The Balaban J connectivity index is 1.47. The maximum Gasteiger partial charge on any atom is 0.291 e. The van der Waals surface area contributed by atoms with Gasteiger partial charge in [-0.3, -0.25) is 4.79 Å². The molecule has 1 amide bonds. The fraction of sp³-hybridized carbons (Fsp3) is 0.0455. The third-order valence-electron chi connectivity index (χ3n) is 4.78. The summed E-state index contributed by atoms with van der Waals surface area (Å²) >= 11 is 0. The first kappa shape index (κ1) is 16.3. The Labute approximate surface area is 160 Å². The number of nitrogens with zero attached hydrogens (tertiary/aromatic N) is 3. The van der Waals surface area contributed by atoms with Crippen LogP contribution in [0.15, 0.2) is 77.6 Å². The zero-order valence-corrected chi connectivity index (χ0v) is 15.1. The van der Waals surface area contributed by atoms with Crippen LogP contribution < -0.4 is 5.32 Å². The molecule has 0 aliphatic carbocycles. The number of aryl methyl sites for hydroxylation is 1. The highest BCUT2D eigenvalue weighted by atomic mass is 16.3. The van der Waals surface area contributed by atoms with Crippen LogP contribution in [0.2, 0.25) is 0 Å². The molecular formula is C22H16N4O2. The molecule has 136 valence electrons. The summed E-state index contributed by atoms with van der Waals surface area (Å²) in [6.45, 7) is 1.90. The van der Waals surface area contributed by atoms with Gasteiger partial charge in [-0.05, 0) is 30.5 Å². The van der Waals surface area contributed by atoms with Gasteiger partial charge in [0.05, 0.1) is 11.9 Å². The van der Waals surface area contributed by atoms with Gasteiger partial charge in [0.25, 0.3) is 5.91 Å². The van der Waals surface area contributed by atoms with Gasteiger partial charge in [-0.1, -0.05) is 36.4 Å². The van der Waals surface area contributed by atoms with Crippen molar-refractivity contribution in [2.24, 2.45) is 0 Å². The molecule has 0 spiro atoms. The second kappa shape index (κ2) is 6.35. The summed E-state index contributed by atoms with van der Waals surface area (Å²) in [5.41, 5.74) is 2.14. The molecule has 0 atom stereocenters. The van der Waals surface area contributed by atoms with Crippen molar-refractivity contribution < 1.29 is 9.21 Å². The second-order valence-electron chi connectivity index (χ2n) is 6.53. The Morgan fingerprint density at radius 3 is 2.71 bits per heavy atom. The lowest BCUT2D eigenvalue weighted by molar-refractivity contribution is 0.0998. The van der Waals surface area contributed by atoms with E-state index in [4.69, 9.17) is 4.42 Å². The van der Waals surface area contributed by atoms with Crippen molar-refractivity contribution in [2.75, 3.05) is 5.32 Å². The van der Waals surface area contributed by atoms with Crippen LogP contribution >= 0.6 is 0 Å². The van der Waals surface area contributed by atoms with Gasteiger partial charge >= 0.3 is 0 Å². The molecule has 6 nitrogen and oxygen atoms in total. The smallest absolute Gasteiger partial charge is 0.291 e. The monoisotopic (exact) mass is 368 g/mol. The van der Waals surface area contributed by atoms with E-state index in [-0.39, 0.29) is 5.91 Å². The molecule has 2 aromatic carbocycles. The van der Waals surface area contributed by atoms with E-state index in [1.165, 1.54) is 0 Å². The van der Waals surface area contributed by atoms with E-state index in [1.807, 2.05) is 55.6 Å². The van der Waals surface area contributed by atoms with Crippen molar-refractivity contribution in [2.45, 2.75) is 6.92 Å². The fourth-order valence-electron chi connectivity index (χ4n) is 3.35. The number of carbonyl (C=O) groups excluding carboxylic acids is 1. The topological polar surface area (TPSA) is 73.0 Å². The first-order valence-electron chi connectivity index (χ1n) is 8.89. The van der Waals surface area contributed by atoms with Crippen LogP contribution in [-0.2, 0) is 0 Å². The van der Waals surface area contributed by atoms with E-state index >= 15 is 0 Å². The quantitative estimate of drug-likeness (QED) is 0.500. The van der Waals surface area contributed by atoms with E-state index in [0.29, 0.717) is 17.3 Å². The Bertz CT molecular complexity index is 1300. The molecule has 3 heterocycles. The number of hydrogen-bond acceptors (Lipinski definition) is 4. The maximum atomic E-state index is 12.8. The number of nitrogens with one attached hydrogen (secondary N) is 1. The average molecular weight is 368 g/mol. The van der Waals surface area contributed by atoms with Gasteiger partial charge in [0, 0.05) is 28.7 Å². The van der Waals surface area contributed by atoms with Crippen molar-refractivity contribution in [1.29, 1.82) is 0 Å². The van der Waals surface area contributed by atoms with Crippen LogP contribution in [0, 0.1) is 6.92 Å². The number of carbonyl (C=O) groups is 1. The van der Waals surface area contributed by atoms with Gasteiger partial charge in [-0.25, -0.2) is 9.67 Å². The molecule has 6 heteroatoms. The molecule has 28 heavy (non-hydrogen) atoms. The predicted octanol–water partition coefficient (Wildman–Crippen LogP) is 4.73.